The number of nitrogens with zero attached hydrogens (tertiary/aromatic N) is 8. The van der Waals surface area contributed by atoms with E-state index in [1.807, 2.05) is 4.68 Å². The number of alkyl halides is 3. The molecule has 1 spiro atoms. The van der Waals surface area contributed by atoms with Crippen LogP contribution in [0.25, 0.3) is 11.2 Å². The van der Waals surface area contributed by atoms with Gasteiger partial charge in [0.15, 0.2) is 23.3 Å². The summed E-state index contributed by atoms with van der Waals surface area (Å²) < 4.78 is 60.6. The van der Waals surface area contributed by atoms with Crippen LogP contribution < -0.4 is 9.57 Å². The lowest BCUT2D eigenvalue weighted by molar-refractivity contribution is -0.141. The van der Waals surface area contributed by atoms with Crippen LogP contribution in [0.5, 0.6) is 0 Å². The van der Waals surface area contributed by atoms with Gasteiger partial charge in [-0.2, -0.15) is 18.3 Å². The minimum atomic E-state index is -4.60. The van der Waals surface area contributed by atoms with Crippen molar-refractivity contribution in [1.82, 2.24) is 29.7 Å². The minimum Gasteiger partial charge on any atom is -0.377 e. The Labute approximate surface area is 193 Å². The molecular formula is C20H21F3N8O2P+. The van der Waals surface area contributed by atoms with E-state index >= 15 is 0 Å². The van der Waals surface area contributed by atoms with E-state index in [2.05, 4.69) is 25.0 Å². The summed E-state index contributed by atoms with van der Waals surface area (Å²) >= 11 is 0. The third-order valence-corrected chi connectivity index (χ3v) is 8.63. The summed E-state index contributed by atoms with van der Waals surface area (Å²) in [7, 11) is -1.87. The van der Waals surface area contributed by atoms with Crippen LogP contribution in [0.3, 0.4) is 0 Å². The summed E-state index contributed by atoms with van der Waals surface area (Å²) in [6, 6.07) is 0.173. The minimum absolute atomic E-state index is 0.0137. The van der Waals surface area contributed by atoms with Crippen molar-refractivity contribution in [1.29, 1.82) is 0 Å². The smallest absolute Gasteiger partial charge is 0.377 e. The highest BCUT2D eigenvalue weighted by molar-refractivity contribution is 7.47. The summed E-state index contributed by atoms with van der Waals surface area (Å²) in [5.41, 5.74) is 0.132. The van der Waals surface area contributed by atoms with Crippen LogP contribution in [0.15, 0.2) is 24.8 Å². The Morgan fingerprint density at radius 2 is 1.85 bits per heavy atom. The Balaban J connectivity index is 1.17. The van der Waals surface area contributed by atoms with Crippen LogP contribution in [0.4, 0.5) is 24.8 Å². The molecule has 34 heavy (non-hydrogen) atoms. The highest BCUT2D eigenvalue weighted by Crippen LogP contribution is 2.52. The monoisotopic (exact) mass is 493 g/mol. The molecule has 178 valence electrons. The maximum atomic E-state index is 13.1. The van der Waals surface area contributed by atoms with Crippen molar-refractivity contribution >= 4 is 30.8 Å². The van der Waals surface area contributed by atoms with Crippen molar-refractivity contribution < 1.29 is 22.5 Å². The lowest BCUT2D eigenvalue weighted by atomic mass is 9.80. The molecule has 3 aromatic heterocycles. The number of anilines is 2. The average Bonchev–Trinajstić information content (AvgIpc) is 3.33. The molecule has 0 aliphatic carbocycles. The van der Waals surface area contributed by atoms with Gasteiger partial charge in [0.1, 0.15) is 17.4 Å². The highest BCUT2D eigenvalue weighted by Gasteiger charge is 2.54. The van der Waals surface area contributed by atoms with E-state index in [4.69, 9.17) is 9.72 Å². The summed E-state index contributed by atoms with van der Waals surface area (Å²) in [6.07, 6.45) is 2.69. The first kappa shape index (κ1) is 21.6. The lowest BCUT2D eigenvalue weighted by Crippen LogP contribution is -2.43. The van der Waals surface area contributed by atoms with Crippen molar-refractivity contribution in [2.75, 3.05) is 48.6 Å². The maximum absolute atomic E-state index is 13.1. The quantitative estimate of drug-likeness (QED) is 0.510. The molecule has 6 rings (SSSR count). The van der Waals surface area contributed by atoms with Gasteiger partial charge in [-0.1, -0.05) is 0 Å². The van der Waals surface area contributed by atoms with Crippen LogP contribution in [0.2, 0.25) is 0 Å². The summed E-state index contributed by atoms with van der Waals surface area (Å²) in [6.45, 7) is 2.99. The fourth-order valence-corrected chi connectivity index (χ4v) is 6.70. The molecule has 14 heteroatoms. The van der Waals surface area contributed by atoms with Gasteiger partial charge < -0.3 is 9.64 Å². The number of aromatic nitrogens is 6. The second-order valence-corrected chi connectivity index (χ2v) is 10.5. The average molecular weight is 493 g/mol. The first-order chi connectivity index (χ1) is 16.3. The highest BCUT2D eigenvalue weighted by atomic mass is 31.1. The van der Waals surface area contributed by atoms with Crippen LogP contribution >= 0.6 is 7.95 Å². The van der Waals surface area contributed by atoms with Crippen molar-refractivity contribution in [3.05, 3.63) is 30.5 Å². The van der Waals surface area contributed by atoms with Crippen LogP contribution in [-0.4, -0.2) is 68.7 Å². The zero-order chi connectivity index (χ0) is 23.5. The fourth-order valence-electron chi connectivity index (χ4n) is 4.75. The predicted octanol–water partition coefficient (Wildman–Crippen LogP) is 3.06. The number of hydrogen-bond donors (Lipinski definition) is 0. The van der Waals surface area contributed by atoms with E-state index in [9.17, 15) is 17.7 Å². The molecule has 0 aromatic carbocycles. The normalized spacial score (nSPS) is 22.0. The van der Waals surface area contributed by atoms with Crippen LogP contribution in [0, 0.1) is 5.41 Å². The van der Waals surface area contributed by atoms with Crippen LogP contribution in [-0.2, 0) is 15.5 Å². The molecule has 10 nitrogen and oxygen atoms in total. The number of piperidine rings is 1. The Kier molecular flexibility index (Phi) is 4.96. The number of fused-ring (bicyclic) bond motifs is 1. The Morgan fingerprint density at radius 1 is 1.06 bits per heavy atom. The number of ether oxygens (including phenoxy) is 1. The number of hydrogen-bond acceptors (Lipinski definition) is 8. The molecule has 1 unspecified atom stereocenters. The van der Waals surface area contributed by atoms with Gasteiger partial charge >= 0.3 is 14.1 Å². The zero-order valence-corrected chi connectivity index (χ0v) is 18.9. The predicted molar refractivity (Wildman–Crippen MR) is 116 cm³/mol. The number of halogens is 3. The summed E-state index contributed by atoms with van der Waals surface area (Å²) in [4.78, 5) is 18.8. The van der Waals surface area contributed by atoms with E-state index < -0.39 is 19.8 Å². The van der Waals surface area contributed by atoms with Crippen molar-refractivity contribution in [2.45, 2.75) is 25.1 Å². The van der Waals surface area contributed by atoms with Gasteiger partial charge in [0.05, 0.1) is 44.5 Å². The first-order valence-corrected chi connectivity index (χ1v) is 12.4. The third kappa shape index (κ3) is 3.67. The van der Waals surface area contributed by atoms with E-state index in [0.29, 0.717) is 45.2 Å². The van der Waals surface area contributed by atoms with E-state index in [0.717, 1.165) is 29.8 Å². The van der Waals surface area contributed by atoms with Crippen LogP contribution in [0.1, 0.15) is 24.6 Å². The fraction of sp³-hybridized carbons (Fsp3) is 0.550. The summed E-state index contributed by atoms with van der Waals surface area (Å²) in [5.74, 6) is 0.770. The topological polar surface area (TPSA) is 102 Å². The second-order valence-electron chi connectivity index (χ2n) is 9.03. The zero-order valence-electron chi connectivity index (χ0n) is 18.0. The molecule has 3 aliphatic rings. The van der Waals surface area contributed by atoms with E-state index in [-0.39, 0.29) is 17.3 Å². The van der Waals surface area contributed by atoms with Crippen molar-refractivity contribution in [3.63, 3.8) is 0 Å². The first-order valence-electron chi connectivity index (χ1n) is 11.0. The van der Waals surface area contributed by atoms with Gasteiger partial charge in [0.2, 0.25) is 0 Å². The van der Waals surface area contributed by atoms with Gasteiger partial charge in [0.25, 0.3) is 0 Å². The van der Waals surface area contributed by atoms with Gasteiger partial charge in [-0.15, -0.1) is 4.67 Å². The van der Waals surface area contributed by atoms with Gasteiger partial charge in [-0.05, 0) is 17.4 Å². The molecule has 6 heterocycles. The molecule has 3 saturated heterocycles. The number of rotatable bonds is 3. The Hall–Kier alpha value is -2.92. The van der Waals surface area contributed by atoms with Gasteiger partial charge in [-0.25, -0.2) is 19.6 Å². The van der Waals surface area contributed by atoms with E-state index in [1.165, 1.54) is 10.9 Å². The van der Waals surface area contributed by atoms with Crippen molar-refractivity contribution in [3.8, 4) is 0 Å². The van der Waals surface area contributed by atoms with E-state index in [1.54, 1.807) is 12.4 Å². The standard InChI is InChI=1S/C20H21F3N8O2P/c21-20(22,23)15-6-24-7-17(27-15)30-11-19(12-34(30)32)1-3-29(4-2-19)16-8-25-14-5-26-31(18(14)28-16)13-9-33-10-13/h5-8,13H,1-4,9-12H2/q+1. The Morgan fingerprint density at radius 3 is 2.56 bits per heavy atom. The largest absolute Gasteiger partial charge is 0.464 e. The molecule has 0 saturated carbocycles. The molecule has 3 fully saturated rings. The molecular weight excluding hydrogens is 472 g/mol. The molecule has 0 bridgehead atoms. The SMILES string of the molecule is O=[P+]1CC2(CCN(c3cnc4cnn(C5COC5)c4n3)CC2)CN1c1cncc(C(F)(F)F)n1. The second kappa shape index (κ2) is 7.81. The van der Waals surface area contributed by atoms with Crippen molar-refractivity contribution in [2.24, 2.45) is 5.41 Å². The molecule has 0 N–H and O–H groups in total. The molecule has 0 amide bonds. The summed E-state index contributed by atoms with van der Waals surface area (Å²) in [5, 5.41) is 4.40. The third-order valence-electron chi connectivity index (χ3n) is 6.81. The molecule has 1 atom stereocenters. The van der Waals surface area contributed by atoms with Gasteiger partial charge in [-0.3, -0.25) is 4.98 Å². The lowest BCUT2D eigenvalue weighted by Gasteiger charge is -2.37. The maximum Gasteiger partial charge on any atom is 0.464 e. The molecule has 3 aromatic rings. The molecule has 3 aliphatic heterocycles. The van der Waals surface area contributed by atoms with Gasteiger partial charge in [0, 0.05) is 18.5 Å². The molecule has 0 radical (unpaired) electrons. The Bertz CT molecular complexity index is 1260.